The lowest BCUT2D eigenvalue weighted by molar-refractivity contribution is 0.248. The number of urea groups is 1. The van der Waals surface area contributed by atoms with Crippen molar-refractivity contribution in [2.75, 3.05) is 6.54 Å². The molecular weight excluding hydrogens is 176 g/mol. The van der Waals surface area contributed by atoms with Crippen molar-refractivity contribution in [2.24, 2.45) is 17.2 Å². The summed E-state index contributed by atoms with van der Waals surface area (Å²) in [6.07, 6.45) is 1.39. The van der Waals surface area contributed by atoms with E-state index >= 15 is 0 Å². The molecule has 0 bridgehead atoms. The number of hydrogen-bond acceptors (Lipinski definition) is 3. The van der Waals surface area contributed by atoms with Gasteiger partial charge in [0.2, 0.25) is 0 Å². The number of hydrogen-bond donors (Lipinski definition) is 4. The quantitative estimate of drug-likeness (QED) is 0.331. The smallest absolute Gasteiger partial charge is 0.312 e. The Bertz CT molecular complexity index is 173. The normalized spacial score (nSPS) is 12.1. The fraction of sp³-hybridized carbons (Fsp3) is 0.667. The van der Waals surface area contributed by atoms with Gasteiger partial charge in [0.05, 0.1) is 11.0 Å². The first-order valence-corrected chi connectivity index (χ1v) is 4.03. The zero-order valence-electron chi connectivity index (χ0n) is 6.75. The van der Waals surface area contributed by atoms with Crippen LogP contribution in [-0.2, 0) is 0 Å². The van der Waals surface area contributed by atoms with Crippen LogP contribution in [-0.4, -0.2) is 23.6 Å². The molecule has 0 heterocycles. The summed E-state index contributed by atoms with van der Waals surface area (Å²) in [5.74, 6) is 0. The molecule has 0 fully saturated rings. The molecule has 70 valence electrons. The van der Waals surface area contributed by atoms with Gasteiger partial charge in [-0.05, 0) is 12.8 Å². The van der Waals surface area contributed by atoms with Crippen molar-refractivity contribution in [3.05, 3.63) is 0 Å². The van der Waals surface area contributed by atoms with Crippen LogP contribution in [0.3, 0.4) is 0 Å². The Labute approximate surface area is 76.7 Å². The van der Waals surface area contributed by atoms with Crippen LogP contribution in [0.4, 0.5) is 4.79 Å². The van der Waals surface area contributed by atoms with Gasteiger partial charge in [-0.15, -0.1) is 0 Å². The third kappa shape index (κ3) is 5.87. The van der Waals surface area contributed by atoms with Crippen LogP contribution in [0, 0.1) is 0 Å². The van der Waals surface area contributed by atoms with Crippen molar-refractivity contribution < 1.29 is 4.79 Å². The first-order chi connectivity index (χ1) is 5.54. The average molecular weight is 190 g/mol. The first kappa shape index (κ1) is 11.1. The van der Waals surface area contributed by atoms with Crippen LogP contribution in [0.2, 0.25) is 0 Å². The summed E-state index contributed by atoms with van der Waals surface area (Å²) in [5.41, 5.74) is 15.6. The number of amides is 2. The Morgan fingerprint density at radius 1 is 1.50 bits per heavy atom. The van der Waals surface area contributed by atoms with Gasteiger partial charge in [-0.3, -0.25) is 0 Å². The lowest BCUT2D eigenvalue weighted by Crippen LogP contribution is -2.36. The topological polar surface area (TPSA) is 107 Å². The van der Waals surface area contributed by atoms with E-state index in [1.807, 2.05) is 0 Å². The Hall–Kier alpha value is -0.880. The van der Waals surface area contributed by atoms with Crippen LogP contribution in [0.15, 0.2) is 0 Å². The molecule has 0 aliphatic rings. The number of nitrogens with two attached hydrogens (primary N) is 3. The van der Waals surface area contributed by atoms with E-state index in [1.54, 1.807) is 0 Å². The van der Waals surface area contributed by atoms with Gasteiger partial charge in [0, 0.05) is 6.54 Å². The molecule has 0 unspecified atom stereocenters. The molecule has 0 aromatic rings. The molecule has 0 aliphatic heterocycles. The van der Waals surface area contributed by atoms with E-state index < -0.39 is 6.03 Å². The molecule has 0 spiro atoms. The molecule has 0 saturated heterocycles. The second-order valence-electron chi connectivity index (χ2n) is 2.44. The largest absolute Gasteiger partial charge is 0.392 e. The number of carbonyl (C=O) groups is 1. The van der Waals surface area contributed by atoms with Gasteiger partial charge < -0.3 is 22.5 Å². The van der Waals surface area contributed by atoms with Gasteiger partial charge in [-0.1, -0.05) is 12.2 Å². The van der Waals surface area contributed by atoms with Crippen molar-refractivity contribution in [2.45, 2.75) is 18.9 Å². The zero-order valence-corrected chi connectivity index (χ0v) is 7.56. The predicted molar refractivity (Wildman–Crippen MR) is 51.6 cm³/mol. The van der Waals surface area contributed by atoms with Crippen molar-refractivity contribution in [1.29, 1.82) is 0 Å². The number of carbonyl (C=O) groups excluding carboxylic acids is 1. The monoisotopic (exact) mass is 190 g/mol. The summed E-state index contributed by atoms with van der Waals surface area (Å²) in [6, 6.07) is -0.798. The fourth-order valence-corrected chi connectivity index (χ4v) is 0.794. The van der Waals surface area contributed by atoms with Crippen LogP contribution in [0.5, 0.6) is 0 Å². The maximum atomic E-state index is 10.2. The second-order valence-corrected chi connectivity index (χ2v) is 2.91. The Balaban J connectivity index is 3.31. The lowest BCUT2D eigenvalue weighted by atomic mass is 10.2. The maximum Gasteiger partial charge on any atom is 0.312 e. The van der Waals surface area contributed by atoms with E-state index in [0.29, 0.717) is 18.0 Å². The molecule has 0 aromatic heterocycles. The summed E-state index contributed by atoms with van der Waals surface area (Å²) in [4.78, 5) is 10.5. The number of nitrogens with one attached hydrogen (secondary N) is 1. The lowest BCUT2D eigenvalue weighted by Gasteiger charge is -2.08. The van der Waals surface area contributed by atoms with E-state index in [4.69, 9.17) is 17.2 Å². The van der Waals surface area contributed by atoms with Gasteiger partial charge >= 0.3 is 6.03 Å². The van der Waals surface area contributed by atoms with Gasteiger partial charge in [0.15, 0.2) is 0 Å². The molecule has 1 atom stereocenters. The SMILES string of the molecule is NC(=O)NCCC[C@H](N)C(N)=S. The Morgan fingerprint density at radius 3 is 2.50 bits per heavy atom. The predicted octanol–water partition coefficient (Wildman–Crippen LogP) is -0.952. The molecular formula is C6H14N4OS. The molecule has 12 heavy (non-hydrogen) atoms. The molecule has 0 aromatic carbocycles. The molecule has 0 aliphatic carbocycles. The summed E-state index contributed by atoms with van der Waals surface area (Å²) in [7, 11) is 0. The minimum absolute atomic E-state index is 0.269. The number of thiocarbonyl (C=S) groups is 1. The van der Waals surface area contributed by atoms with Crippen LogP contribution in [0.1, 0.15) is 12.8 Å². The summed E-state index contributed by atoms with van der Waals surface area (Å²) < 4.78 is 0. The van der Waals surface area contributed by atoms with Crippen LogP contribution >= 0.6 is 12.2 Å². The van der Waals surface area contributed by atoms with E-state index in [0.717, 1.165) is 6.42 Å². The summed E-state index contributed by atoms with van der Waals surface area (Å²) >= 11 is 4.66. The van der Waals surface area contributed by atoms with E-state index in [9.17, 15) is 4.79 Å². The van der Waals surface area contributed by atoms with Crippen LogP contribution in [0.25, 0.3) is 0 Å². The molecule has 2 amide bonds. The van der Waals surface area contributed by atoms with Crippen LogP contribution < -0.4 is 22.5 Å². The Morgan fingerprint density at radius 2 is 2.08 bits per heavy atom. The van der Waals surface area contributed by atoms with Crippen molar-refractivity contribution in [1.82, 2.24) is 5.32 Å². The highest BCUT2D eigenvalue weighted by molar-refractivity contribution is 7.80. The molecule has 7 N–H and O–H groups in total. The standard InChI is InChI=1S/C6H14N4OS/c7-4(5(8)12)2-1-3-10-6(9)11/h4H,1-3,7H2,(H2,8,12)(H3,9,10,11)/t4-/m0/s1. The highest BCUT2D eigenvalue weighted by Gasteiger charge is 2.04. The second kappa shape index (κ2) is 5.73. The minimum Gasteiger partial charge on any atom is -0.392 e. The Kier molecular flexibility index (Phi) is 5.31. The number of primary amides is 1. The van der Waals surface area contributed by atoms with Crippen molar-refractivity contribution in [3.8, 4) is 0 Å². The van der Waals surface area contributed by atoms with Crippen molar-refractivity contribution >= 4 is 23.2 Å². The summed E-state index contributed by atoms with van der Waals surface area (Å²) in [5, 5.41) is 2.44. The van der Waals surface area contributed by atoms with Gasteiger partial charge in [0.25, 0.3) is 0 Å². The van der Waals surface area contributed by atoms with Gasteiger partial charge in [-0.25, -0.2) is 4.79 Å². The molecule has 6 heteroatoms. The average Bonchev–Trinajstić information content (AvgIpc) is 1.97. The van der Waals surface area contributed by atoms with Gasteiger partial charge in [0.1, 0.15) is 0 Å². The van der Waals surface area contributed by atoms with Gasteiger partial charge in [-0.2, -0.15) is 0 Å². The molecule has 0 rings (SSSR count). The zero-order chi connectivity index (χ0) is 9.56. The third-order valence-corrected chi connectivity index (χ3v) is 1.66. The minimum atomic E-state index is -0.529. The fourth-order valence-electron chi connectivity index (χ4n) is 0.676. The van der Waals surface area contributed by atoms with E-state index in [-0.39, 0.29) is 6.04 Å². The highest BCUT2D eigenvalue weighted by Crippen LogP contribution is 1.92. The van der Waals surface area contributed by atoms with Crippen molar-refractivity contribution in [3.63, 3.8) is 0 Å². The molecule has 0 saturated carbocycles. The highest BCUT2D eigenvalue weighted by atomic mass is 32.1. The third-order valence-electron chi connectivity index (χ3n) is 1.36. The first-order valence-electron chi connectivity index (χ1n) is 3.62. The number of rotatable bonds is 5. The molecule has 0 radical (unpaired) electrons. The van der Waals surface area contributed by atoms with E-state index in [1.165, 1.54) is 0 Å². The summed E-state index contributed by atoms with van der Waals surface area (Å²) in [6.45, 7) is 0.506. The molecule has 5 nitrogen and oxygen atoms in total. The van der Waals surface area contributed by atoms with E-state index in [2.05, 4.69) is 17.5 Å². The maximum absolute atomic E-state index is 10.2.